The van der Waals surface area contributed by atoms with Gasteiger partial charge in [-0.3, -0.25) is 4.79 Å². The number of rotatable bonds is 6. The van der Waals surface area contributed by atoms with E-state index in [4.69, 9.17) is 0 Å². The molecule has 0 aliphatic heterocycles. The van der Waals surface area contributed by atoms with Gasteiger partial charge < -0.3 is 0 Å². The van der Waals surface area contributed by atoms with Crippen molar-refractivity contribution in [2.75, 3.05) is 0 Å². The number of carbonyl (C=O) groups is 1. The van der Waals surface area contributed by atoms with E-state index in [1.54, 1.807) is 6.92 Å². The van der Waals surface area contributed by atoms with Crippen molar-refractivity contribution in [1.29, 1.82) is 0 Å². The minimum absolute atomic E-state index is 0.508. The number of halogens is 3. The molecular formula is C11H17F3O. The maximum absolute atomic E-state index is 11.9. The van der Waals surface area contributed by atoms with Crippen LogP contribution in [-0.2, 0) is 4.79 Å². The van der Waals surface area contributed by atoms with Gasteiger partial charge in [-0.1, -0.05) is 31.8 Å². The summed E-state index contributed by atoms with van der Waals surface area (Å²) in [7, 11) is 0. The van der Waals surface area contributed by atoms with E-state index in [0.717, 1.165) is 25.7 Å². The molecule has 0 unspecified atom stereocenters. The molecule has 0 aliphatic rings. The first-order valence-corrected chi connectivity index (χ1v) is 5.16. The number of allylic oxidation sites excluding steroid dienone is 2. The smallest absolute Gasteiger partial charge is 0.285 e. The van der Waals surface area contributed by atoms with E-state index in [1.807, 2.05) is 0 Å². The van der Waals surface area contributed by atoms with E-state index in [-0.39, 0.29) is 0 Å². The molecule has 88 valence electrons. The van der Waals surface area contributed by atoms with Crippen molar-refractivity contribution in [2.24, 2.45) is 0 Å². The zero-order chi connectivity index (χ0) is 11.9. The molecule has 0 heterocycles. The van der Waals surface area contributed by atoms with Crippen molar-refractivity contribution in [3.63, 3.8) is 0 Å². The van der Waals surface area contributed by atoms with Crippen LogP contribution in [0.25, 0.3) is 0 Å². The van der Waals surface area contributed by atoms with Crippen LogP contribution in [0, 0.1) is 0 Å². The molecule has 0 atom stereocenters. The van der Waals surface area contributed by atoms with Crippen LogP contribution in [-0.4, -0.2) is 12.0 Å². The first kappa shape index (κ1) is 14.2. The second-order valence-electron chi connectivity index (χ2n) is 3.66. The molecular weight excluding hydrogens is 205 g/mol. The fourth-order valence-corrected chi connectivity index (χ4v) is 1.21. The van der Waals surface area contributed by atoms with Crippen molar-refractivity contribution in [2.45, 2.75) is 52.1 Å². The molecule has 15 heavy (non-hydrogen) atoms. The summed E-state index contributed by atoms with van der Waals surface area (Å²) in [5.74, 6) is -1.75. The largest absolute Gasteiger partial charge is 0.454 e. The Kier molecular flexibility index (Phi) is 6.29. The van der Waals surface area contributed by atoms with Crippen molar-refractivity contribution in [1.82, 2.24) is 0 Å². The molecule has 0 spiro atoms. The average molecular weight is 222 g/mol. The highest BCUT2D eigenvalue weighted by atomic mass is 19.4. The number of unbranched alkanes of at least 4 members (excludes halogenated alkanes) is 3. The third-order valence-electron chi connectivity index (χ3n) is 2.08. The minimum atomic E-state index is -4.73. The normalized spacial score (nSPS) is 13.0. The molecule has 0 saturated carbocycles. The number of hydrogen-bond acceptors (Lipinski definition) is 1. The van der Waals surface area contributed by atoms with Crippen molar-refractivity contribution < 1.29 is 18.0 Å². The Morgan fingerprint density at radius 2 is 1.80 bits per heavy atom. The van der Waals surface area contributed by atoms with Gasteiger partial charge in [-0.2, -0.15) is 13.2 Å². The molecule has 0 aromatic heterocycles. The SMILES string of the molecule is CCCCCC/C(C)=C/C(=O)C(F)(F)F. The molecule has 0 aliphatic carbocycles. The lowest BCUT2D eigenvalue weighted by Crippen LogP contribution is -2.20. The second-order valence-corrected chi connectivity index (χ2v) is 3.66. The lowest BCUT2D eigenvalue weighted by molar-refractivity contribution is -0.165. The van der Waals surface area contributed by atoms with Gasteiger partial charge in [-0.25, -0.2) is 0 Å². The summed E-state index contributed by atoms with van der Waals surface area (Å²) in [5, 5.41) is 0. The van der Waals surface area contributed by atoms with Crippen LogP contribution in [0.4, 0.5) is 13.2 Å². The van der Waals surface area contributed by atoms with Gasteiger partial charge in [0.25, 0.3) is 5.78 Å². The van der Waals surface area contributed by atoms with Crippen LogP contribution in [0.5, 0.6) is 0 Å². The Morgan fingerprint density at radius 1 is 1.20 bits per heavy atom. The predicted octanol–water partition coefficient (Wildman–Crippen LogP) is 4.03. The summed E-state index contributed by atoms with van der Waals surface area (Å²) < 4.78 is 35.6. The highest BCUT2D eigenvalue weighted by Gasteiger charge is 2.36. The van der Waals surface area contributed by atoms with Gasteiger partial charge >= 0.3 is 6.18 Å². The van der Waals surface area contributed by atoms with E-state index in [1.165, 1.54) is 0 Å². The average Bonchev–Trinajstić information content (AvgIpc) is 2.11. The van der Waals surface area contributed by atoms with Crippen LogP contribution in [0.2, 0.25) is 0 Å². The quantitative estimate of drug-likeness (QED) is 0.489. The van der Waals surface area contributed by atoms with E-state index in [2.05, 4.69) is 6.92 Å². The van der Waals surface area contributed by atoms with Crippen molar-refractivity contribution >= 4 is 5.78 Å². The third kappa shape index (κ3) is 7.17. The number of carbonyl (C=O) groups excluding carboxylic acids is 1. The van der Waals surface area contributed by atoms with Crippen molar-refractivity contribution in [3.05, 3.63) is 11.6 Å². The van der Waals surface area contributed by atoms with Gasteiger partial charge in [0.15, 0.2) is 0 Å². The van der Waals surface area contributed by atoms with Gasteiger partial charge in [0.1, 0.15) is 0 Å². The fourth-order valence-electron chi connectivity index (χ4n) is 1.21. The Hall–Kier alpha value is -0.800. The summed E-state index contributed by atoms with van der Waals surface area (Å²) in [6, 6.07) is 0. The standard InChI is InChI=1S/C11H17F3O/c1-3-4-5-6-7-9(2)8-10(15)11(12,13)14/h8H,3-7H2,1-2H3/b9-8+. The molecule has 4 heteroatoms. The zero-order valence-electron chi connectivity index (χ0n) is 9.16. The topological polar surface area (TPSA) is 17.1 Å². The van der Waals surface area contributed by atoms with Crippen LogP contribution in [0.3, 0.4) is 0 Å². The van der Waals surface area contributed by atoms with Crippen LogP contribution >= 0.6 is 0 Å². The van der Waals surface area contributed by atoms with Crippen LogP contribution in [0.1, 0.15) is 46.0 Å². The molecule has 1 nitrogen and oxygen atoms in total. The summed E-state index contributed by atoms with van der Waals surface area (Å²) >= 11 is 0. The van der Waals surface area contributed by atoms with E-state index < -0.39 is 12.0 Å². The molecule has 0 saturated heterocycles. The van der Waals surface area contributed by atoms with Gasteiger partial charge in [-0.15, -0.1) is 0 Å². The molecule has 0 fully saturated rings. The highest BCUT2D eigenvalue weighted by Crippen LogP contribution is 2.18. The molecule has 0 bridgehead atoms. The second kappa shape index (κ2) is 6.64. The Morgan fingerprint density at radius 3 is 2.27 bits per heavy atom. The van der Waals surface area contributed by atoms with Gasteiger partial charge in [0, 0.05) is 0 Å². The maximum atomic E-state index is 11.9. The maximum Gasteiger partial charge on any atom is 0.454 e. The van der Waals surface area contributed by atoms with Gasteiger partial charge in [0.05, 0.1) is 0 Å². The molecule has 0 rings (SSSR count). The first-order chi connectivity index (χ1) is 6.88. The molecule has 0 N–H and O–H groups in total. The van der Waals surface area contributed by atoms with Gasteiger partial charge in [0.2, 0.25) is 0 Å². The lowest BCUT2D eigenvalue weighted by atomic mass is 10.1. The Balaban J connectivity index is 3.93. The number of hydrogen-bond donors (Lipinski definition) is 0. The Bertz CT molecular complexity index is 228. The summed E-state index contributed by atoms with van der Waals surface area (Å²) in [6.45, 7) is 3.63. The van der Waals surface area contributed by atoms with E-state index >= 15 is 0 Å². The molecule has 0 radical (unpaired) electrons. The first-order valence-electron chi connectivity index (χ1n) is 5.16. The third-order valence-corrected chi connectivity index (χ3v) is 2.08. The summed E-state index contributed by atoms with van der Waals surface area (Å²) in [5.41, 5.74) is 0.508. The van der Waals surface area contributed by atoms with E-state index in [0.29, 0.717) is 18.1 Å². The van der Waals surface area contributed by atoms with Crippen LogP contribution in [0.15, 0.2) is 11.6 Å². The molecule has 0 aromatic rings. The summed E-state index contributed by atoms with van der Waals surface area (Å²) in [6.07, 6.45) is 0.562. The number of alkyl halides is 3. The predicted molar refractivity (Wildman–Crippen MR) is 53.6 cm³/mol. The van der Waals surface area contributed by atoms with Gasteiger partial charge in [-0.05, 0) is 25.8 Å². The molecule has 0 aromatic carbocycles. The number of ketones is 1. The lowest BCUT2D eigenvalue weighted by Gasteiger charge is -2.03. The highest BCUT2D eigenvalue weighted by molar-refractivity contribution is 5.94. The van der Waals surface area contributed by atoms with E-state index in [9.17, 15) is 18.0 Å². The van der Waals surface area contributed by atoms with Crippen molar-refractivity contribution in [3.8, 4) is 0 Å². The fraction of sp³-hybridized carbons (Fsp3) is 0.727. The monoisotopic (exact) mass is 222 g/mol. The summed E-state index contributed by atoms with van der Waals surface area (Å²) in [4.78, 5) is 10.6. The minimum Gasteiger partial charge on any atom is -0.285 e. The van der Waals surface area contributed by atoms with Crippen LogP contribution < -0.4 is 0 Å². The Labute approximate surface area is 88.4 Å². The molecule has 0 amide bonds. The zero-order valence-corrected chi connectivity index (χ0v) is 9.16.